The highest BCUT2D eigenvalue weighted by atomic mass is 127. The number of hydrogen-bond acceptors (Lipinski definition) is 3. The van der Waals surface area contributed by atoms with Crippen LogP contribution in [0.25, 0.3) is 0 Å². The molecule has 0 atom stereocenters. The van der Waals surface area contributed by atoms with Gasteiger partial charge in [0.2, 0.25) is 5.88 Å². The van der Waals surface area contributed by atoms with Crippen LogP contribution in [0, 0.1) is 6.92 Å². The van der Waals surface area contributed by atoms with Gasteiger partial charge in [0.15, 0.2) is 0 Å². The highest BCUT2D eigenvalue weighted by Gasteiger charge is 2.01. The van der Waals surface area contributed by atoms with Gasteiger partial charge in [-0.25, -0.2) is 4.98 Å². The van der Waals surface area contributed by atoms with Crippen molar-refractivity contribution in [3.05, 3.63) is 22.8 Å². The van der Waals surface area contributed by atoms with E-state index in [1.165, 1.54) is 0 Å². The molecular formula is C8H9ClINO2. The summed E-state index contributed by atoms with van der Waals surface area (Å²) < 4.78 is 10.2. The molecule has 1 aromatic heterocycles. The maximum Gasteiger partial charge on any atom is 0.216 e. The Morgan fingerprint density at radius 3 is 2.92 bits per heavy atom. The Bertz CT molecular complexity index is 283. The van der Waals surface area contributed by atoms with Crippen LogP contribution >= 0.6 is 34.6 Å². The maximum absolute atomic E-state index is 5.73. The molecular weight excluding hydrogens is 304 g/mol. The minimum absolute atomic E-state index is 0.498. The van der Waals surface area contributed by atoms with E-state index in [0.717, 1.165) is 5.56 Å². The van der Waals surface area contributed by atoms with Crippen molar-refractivity contribution in [1.29, 1.82) is 0 Å². The van der Waals surface area contributed by atoms with E-state index >= 15 is 0 Å². The summed E-state index contributed by atoms with van der Waals surface area (Å²) >= 11 is 7.56. The maximum atomic E-state index is 5.73. The van der Waals surface area contributed by atoms with Crippen molar-refractivity contribution in [3.63, 3.8) is 0 Å². The van der Waals surface area contributed by atoms with E-state index in [9.17, 15) is 0 Å². The summed E-state index contributed by atoms with van der Waals surface area (Å²) in [4.78, 5) is 4.04. The Balaban J connectivity index is 2.56. The highest BCUT2D eigenvalue weighted by Crippen LogP contribution is 2.17. The van der Waals surface area contributed by atoms with Crippen molar-refractivity contribution in [1.82, 2.24) is 4.98 Å². The van der Waals surface area contributed by atoms with Crippen molar-refractivity contribution >= 4 is 34.6 Å². The number of pyridine rings is 1. The fourth-order valence-electron chi connectivity index (χ4n) is 0.849. The largest absolute Gasteiger partial charge is 0.475 e. The molecule has 1 heterocycles. The van der Waals surface area contributed by atoms with Crippen LogP contribution in [0.2, 0.25) is 5.02 Å². The van der Waals surface area contributed by atoms with E-state index in [1.807, 2.05) is 36.0 Å². The van der Waals surface area contributed by atoms with Crippen molar-refractivity contribution in [2.24, 2.45) is 0 Å². The molecule has 0 spiro atoms. The van der Waals surface area contributed by atoms with Crippen LogP contribution in [0.1, 0.15) is 5.56 Å². The first-order valence-corrected chi connectivity index (χ1v) is 4.98. The first kappa shape index (κ1) is 11.0. The highest BCUT2D eigenvalue weighted by molar-refractivity contribution is 14.1. The van der Waals surface area contributed by atoms with Gasteiger partial charge in [-0.1, -0.05) is 11.6 Å². The van der Waals surface area contributed by atoms with Crippen molar-refractivity contribution in [3.8, 4) is 5.88 Å². The molecule has 0 radical (unpaired) electrons. The third-order valence-electron chi connectivity index (χ3n) is 1.40. The fourth-order valence-corrected chi connectivity index (χ4v) is 1.24. The molecule has 0 aliphatic rings. The second-order valence-electron chi connectivity index (χ2n) is 2.44. The number of hydrogen-bond donors (Lipinski definition) is 0. The van der Waals surface area contributed by atoms with E-state index in [4.69, 9.17) is 19.4 Å². The van der Waals surface area contributed by atoms with Crippen molar-refractivity contribution in [2.45, 2.75) is 6.92 Å². The minimum atomic E-state index is 0.498. The predicted molar refractivity (Wildman–Crippen MR) is 59.5 cm³/mol. The number of aryl methyl sites for hydroxylation is 1. The molecule has 1 aromatic rings. The Morgan fingerprint density at radius 2 is 2.31 bits per heavy atom. The zero-order valence-corrected chi connectivity index (χ0v) is 10.0. The lowest BCUT2D eigenvalue weighted by molar-refractivity contribution is 0.247. The smallest absolute Gasteiger partial charge is 0.216 e. The summed E-state index contributed by atoms with van der Waals surface area (Å²) in [6.07, 6.45) is 1.56. The SMILES string of the molecule is Cc1cc(Cl)cnc1OCCOI. The first-order valence-electron chi connectivity index (χ1n) is 3.72. The first-order chi connectivity index (χ1) is 6.24. The van der Waals surface area contributed by atoms with E-state index < -0.39 is 0 Å². The lowest BCUT2D eigenvalue weighted by Gasteiger charge is -2.06. The van der Waals surface area contributed by atoms with Crippen LogP contribution < -0.4 is 4.74 Å². The normalized spacial score (nSPS) is 10.1. The van der Waals surface area contributed by atoms with Gasteiger partial charge in [-0.15, -0.1) is 0 Å². The summed E-state index contributed by atoms with van der Waals surface area (Å²) in [5.41, 5.74) is 0.931. The van der Waals surface area contributed by atoms with Crippen molar-refractivity contribution < 1.29 is 7.80 Å². The van der Waals surface area contributed by atoms with Crippen LogP contribution in [-0.4, -0.2) is 18.2 Å². The van der Waals surface area contributed by atoms with Crippen LogP contribution in [0.15, 0.2) is 12.3 Å². The van der Waals surface area contributed by atoms with Gasteiger partial charge >= 0.3 is 0 Å². The summed E-state index contributed by atoms with van der Waals surface area (Å²) in [5.74, 6) is 0.609. The van der Waals surface area contributed by atoms with Gasteiger partial charge in [-0.3, -0.25) is 0 Å². The molecule has 0 aromatic carbocycles. The number of rotatable bonds is 4. The molecule has 1 rings (SSSR count). The molecule has 13 heavy (non-hydrogen) atoms. The van der Waals surface area contributed by atoms with Crippen LogP contribution in [0.5, 0.6) is 5.88 Å². The van der Waals surface area contributed by atoms with E-state index in [0.29, 0.717) is 24.1 Å². The van der Waals surface area contributed by atoms with E-state index in [2.05, 4.69) is 4.98 Å². The van der Waals surface area contributed by atoms with E-state index in [-0.39, 0.29) is 0 Å². The molecule has 72 valence electrons. The summed E-state index contributed by atoms with van der Waals surface area (Å²) in [6.45, 7) is 2.95. The fraction of sp³-hybridized carbons (Fsp3) is 0.375. The van der Waals surface area contributed by atoms with Gasteiger partial charge < -0.3 is 7.80 Å². The molecule has 3 nitrogen and oxygen atoms in total. The number of aromatic nitrogens is 1. The third-order valence-corrected chi connectivity index (χ3v) is 2.04. The van der Waals surface area contributed by atoms with Gasteiger partial charge in [0.25, 0.3) is 0 Å². The average Bonchev–Trinajstić information content (AvgIpc) is 2.09. The molecule has 0 amide bonds. The zero-order valence-electron chi connectivity index (χ0n) is 7.09. The zero-order chi connectivity index (χ0) is 9.68. The Morgan fingerprint density at radius 1 is 1.54 bits per heavy atom. The molecule has 0 unspecified atom stereocenters. The number of nitrogens with zero attached hydrogens (tertiary/aromatic N) is 1. The lowest BCUT2D eigenvalue weighted by atomic mass is 10.3. The van der Waals surface area contributed by atoms with Crippen LogP contribution in [0.4, 0.5) is 0 Å². The second-order valence-corrected chi connectivity index (χ2v) is 3.50. The summed E-state index contributed by atoms with van der Waals surface area (Å²) in [5, 5.41) is 0.620. The van der Waals surface area contributed by atoms with Gasteiger partial charge in [0.1, 0.15) is 29.6 Å². The Kier molecular flexibility index (Phi) is 4.76. The lowest BCUT2D eigenvalue weighted by Crippen LogP contribution is -2.04. The molecule has 0 fully saturated rings. The quantitative estimate of drug-likeness (QED) is 0.633. The second kappa shape index (κ2) is 5.62. The molecule has 0 aliphatic carbocycles. The molecule has 0 saturated heterocycles. The summed E-state index contributed by atoms with van der Waals surface area (Å²) in [7, 11) is 0. The van der Waals surface area contributed by atoms with E-state index in [1.54, 1.807) is 6.20 Å². The number of ether oxygens (including phenoxy) is 1. The van der Waals surface area contributed by atoms with Crippen molar-refractivity contribution in [2.75, 3.05) is 13.2 Å². The third kappa shape index (κ3) is 3.66. The molecule has 0 N–H and O–H groups in total. The monoisotopic (exact) mass is 313 g/mol. The standard InChI is InChI=1S/C8H9ClINO2/c1-6-4-7(9)5-11-8(6)12-2-3-13-10/h4-5H,2-3H2,1H3. The molecule has 0 bridgehead atoms. The number of halogens is 2. The Hall–Kier alpha value is -0.0700. The van der Waals surface area contributed by atoms with Crippen LogP contribution in [-0.2, 0) is 3.07 Å². The van der Waals surface area contributed by atoms with Gasteiger partial charge in [0, 0.05) is 11.8 Å². The van der Waals surface area contributed by atoms with Gasteiger partial charge in [-0.2, -0.15) is 0 Å². The Labute approximate surface area is 96.1 Å². The predicted octanol–water partition coefficient (Wildman–Crippen LogP) is 2.79. The average molecular weight is 314 g/mol. The van der Waals surface area contributed by atoms with Crippen LogP contribution in [0.3, 0.4) is 0 Å². The molecule has 0 saturated carbocycles. The molecule has 0 aliphatic heterocycles. The van der Waals surface area contributed by atoms with Gasteiger partial charge in [0.05, 0.1) is 11.6 Å². The summed E-state index contributed by atoms with van der Waals surface area (Å²) in [6, 6.07) is 1.81. The van der Waals surface area contributed by atoms with Gasteiger partial charge in [-0.05, 0) is 13.0 Å². The molecule has 5 heteroatoms. The minimum Gasteiger partial charge on any atom is -0.475 e. The topological polar surface area (TPSA) is 31.4 Å².